The summed E-state index contributed by atoms with van der Waals surface area (Å²) in [6.45, 7) is 6.33. The van der Waals surface area contributed by atoms with Crippen LogP contribution in [0, 0.1) is 18.3 Å². The molecule has 3 aromatic heterocycles. The van der Waals surface area contributed by atoms with Crippen molar-refractivity contribution in [3.05, 3.63) is 40.4 Å². The Balaban J connectivity index is 1.26. The zero-order valence-corrected chi connectivity index (χ0v) is 26.7. The molecule has 0 spiro atoms. The fraction of sp³-hybridized carbons (Fsp3) is 0.448. The Morgan fingerprint density at radius 1 is 1.16 bits per heavy atom. The molecule has 1 aromatic carbocycles. The molecule has 2 N–H and O–H groups in total. The van der Waals surface area contributed by atoms with Crippen molar-refractivity contribution >= 4 is 55.5 Å². The summed E-state index contributed by atoms with van der Waals surface area (Å²) in [6.07, 6.45) is 0.219. The van der Waals surface area contributed by atoms with Crippen LogP contribution in [0.4, 0.5) is 16.1 Å². The van der Waals surface area contributed by atoms with Gasteiger partial charge < -0.3 is 25.1 Å². The topological polar surface area (TPSA) is 146 Å². The van der Waals surface area contributed by atoms with Crippen LogP contribution in [0.1, 0.15) is 23.1 Å². The number of nitrogens with zero attached hydrogens (tertiary/aromatic N) is 9. The molecular formula is C29H34N10O3S2. The van der Waals surface area contributed by atoms with E-state index in [0.29, 0.717) is 54.8 Å². The summed E-state index contributed by atoms with van der Waals surface area (Å²) in [7, 11) is 3.51. The standard InChI is InChI=1S/C29H34N10O3S2/c1-5-20-26(35(4)27-33-24(22(12-30)43-27)18-8-6-17(2)7-9-18)39-28(32-20)44-29(34-39)37-11-10-36(21(15-37)25(42)31-3)16-23(41)38-13-19(40)14-38/h6-9,19,21,40H,5,10-11,13-16H2,1-4H3,(H,31,42)/t21-/m1/s1. The molecule has 0 aliphatic carbocycles. The number of benzene rings is 1. The molecule has 2 aliphatic heterocycles. The van der Waals surface area contributed by atoms with Gasteiger partial charge in [-0.1, -0.05) is 59.4 Å². The highest BCUT2D eigenvalue weighted by molar-refractivity contribution is 7.20. The normalized spacial score (nSPS) is 17.5. The van der Waals surface area contributed by atoms with E-state index in [1.807, 2.05) is 59.5 Å². The lowest BCUT2D eigenvalue weighted by Crippen LogP contribution is -2.62. The number of hydrogen-bond acceptors (Lipinski definition) is 12. The third kappa shape index (κ3) is 5.50. The minimum atomic E-state index is -0.534. The Bertz CT molecular complexity index is 1730. The maximum absolute atomic E-state index is 12.9. The van der Waals surface area contributed by atoms with Crippen molar-refractivity contribution < 1.29 is 14.7 Å². The van der Waals surface area contributed by atoms with Crippen LogP contribution in [-0.4, -0.2) is 112 Å². The van der Waals surface area contributed by atoms with Gasteiger partial charge in [0.2, 0.25) is 21.9 Å². The van der Waals surface area contributed by atoms with E-state index in [1.54, 1.807) is 11.9 Å². The summed E-state index contributed by atoms with van der Waals surface area (Å²) >= 11 is 2.78. The number of nitrogens with one attached hydrogen (secondary N) is 1. The molecule has 0 bridgehead atoms. The van der Waals surface area contributed by atoms with Crippen molar-refractivity contribution in [2.45, 2.75) is 32.4 Å². The van der Waals surface area contributed by atoms with Gasteiger partial charge in [0.25, 0.3) is 0 Å². The first-order valence-corrected chi connectivity index (χ1v) is 16.1. The number of aliphatic hydroxyl groups excluding tert-OH is 1. The van der Waals surface area contributed by atoms with Crippen LogP contribution < -0.4 is 15.1 Å². The summed E-state index contributed by atoms with van der Waals surface area (Å²) in [5, 5.41) is 28.5. The van der Waals surface area contributed by atoms with Crippen molar-refractivity contribution in [1.29, 1.82) is 5.26 Å². The van der Waals surface area contributed by atoms with Crippen LogP contribution in [-0.2, 0) is 16.0 Å². The van der Waals surface area contributed by atoms with Crippen LogP contribution in [0.25, 0.3) is 16.2 Å². The lowest BCUT2D eigenvalue weighted by molar-refractivity contribution is -0.144. The number of piperazine rings is 1. The van der Waals surface area contributed by atoms with Gasteiger partial charge >= 0.3 is 0 Å². The number of thiazole rings is 1. The molecule has 2 amide bonds. The fourth-order valence-corrected chi connectivity index (χ4v) is 7.33. The number of aromatic nitrogens is 4. The highest BCUT2D eigenvalue weighted by Crippen LogP contribution is 2.38. The molecule has 230 valence electrons. The van der Waals surface area contributed by atoms with Gasteiger partial charge in [0.05, 0.1) is 18.3 Å². The van der Waals surface area contributed by atoms with E-state index < -0.39 is 12.1 Å². The molecule has 1 atom stereocenters. The first kappa shape index (κ1) is 29.9. The number of aliphatic hydroxyl groups is 1. The van der Waals surface area contributed by atoms with E-state index in [-0.39, 0.29) is 18.4 Å². The molecule has 2 fully saturated rings. The second kappa shape index (κ2) is 12.1. The summed E-state index contributed by atoms with van der Waals surface area (Å²) < 4.78 is 1.82. The fourth-order valence-electron chi connectivity index (χ4n) is 5.53. The van der Waals surface area contributed by atoms with E-state index in [2.05, 4.69) is 16.3 Å². The van der Waals surface area contributed by atoms with Crippen molar-refractivity contribution in [3.8, 4) is 17.3 Å². The average Bonchev–Trinajstić information content (AvgIpc) is 3.72. The monoisotopic (exact) mass is 634 g/mol. The van der Waals surface area contributed by atoms with Gasteiger partial charge in [-0.3, -0.25) is 14.5 Å². The predicted molar refractivity (Wildman–Crippen MR) is 170 cm³/mol. The Hall–Kier alpha value is -4.10. The van der Waals surface area contributed by atoms with E-state index >= 15 is 0 Å². The zero-order valence-electron chi connectivity index (χ0n) is 25.0. The third-order valence-electron chi connectivity index (χ3n) is 8.08. The van der Waals surface area contributed by atoms with Crippen LogP contribution in [0.3, 0.4) is 0 Å². The lowest BCUT2D eigenvalue weighted by atomic mass is 10.1. The summed E-state index contributed by atoms with van der Waals surface area (Å²) in [5.74, 6) is 0.530. The SMILES string of the molecule is CCc1nc2sc(N3CCN(CC(=O)N4CC(O)C4)[C@@H](C(=O)NC)C3)nn2c1N(C)c1nc(-c2ccc(C)cc2)c(C#N)s1. The Labute approximate surface area is 262 Å². The molecule has 0 unspecified atom stereocenters. The van der Waals surface area contributed by atoms with E-state index in [9.17, 15) is 20.0 Å². The number of rotatable bonds is 8. The zero-order chi connectivity index (χ0) is 31.1. The van der Waals surface area contributed by atoms with Gasteiger partial charge in [-0.25, -0.2) is 9.97 Å². The molecule has 13 nitrogen and oxygen atoms in total. The maximum atomic E-state index is 12.9. The average molecular weight is 635 g/mol. The first-order valence-electron chi connectivity index (χ1n) is 14.5. The van der Waals surface area contributed by atoms with Crippen molar-refractivity contribution in [2.24, 2.45) is 0 Å². The first-order chi connectivity index (χ1) is 21.2. The predicted octanol–water partition coefficient (Wildman–Crippen LogP) is 1.86. The molecule has 15 heteroatoms. The van der Waals surface area contributed by atoms with Crippen LogP contribution in [0.2, 0.25) is 0 Å². The molecule has 0 saturated carbocycles. The number of amides is 2. The molecule has 2 saturated heterocycles. The minimum Gasteiger partial charge on any atom is -0.389 e. The number of β-amino-alcohol motifs (C(OH)–C–C–N with tert-alkyl or cyclic N) is 1. The van der Waals surface area contributed by atoms with Crippen molar-refractivity contribution in [3.63, 3.8) is 0 Å². The highest BCUT2D eigenvalue weighted by atomic mass is 32.1. The van der Waals surface area contributed by atoms with Gasteiger partial charge in [0.1, 0.15) is 22.7 Å². The van der Waals surface area contributed by atoms with E-state index in [0.717, 1.165) is 32.7 Å². The Morgan fingerprint density at radius 2 is 1.91 bits per heavy atom. The minimum absolute atomic E-state index is 0.0857. The number of likely N-dealkylation sites (N-methyl/N-ethyl adjacent to an activating group) is 1. The Kier molecular flexibility index (Phi) is 8.25. The van der Waals surface area contributed by atoms with Gasteiger partial charge in [-0.2, -0.15) is 9.78 Å². The smallest absolute Gasteiger partial charge is 0.238 e. The summed E-state index contributed by atoms with van der Waals surface area (Å²) in [5.41, 5.74) is 3.55. The molecule has 0 radical (unpaired) electrons. The molecule has 5 heterocycles. The Morgan fingerprint density at radius 3 is 2.57 bits per heavy atom. The number of hydrogen-bond donors (Lipinski definition) is 2. The number of likely N-dealkylation sites (tertiary alicyclic amines) is 1. The van der Waals surface area contributed by atoms with Crippen molar-refractivity contribution in [2.75, 3.05) is 63.2 Å². The molecule has 2 aliphatic rings. The van der Waals surface area contributed by atoms with Crippen LogP contribution in [0.5, 0.6) is 0 Å². The molecular weight excluding hydrogens is 601 g/mol. The largest absolute Gasteiger partial charge is 0.389 e. The van der Waals surface area contributed by atoms with E-state index in [1.165, 1.54) is 22.7 Å². The van der Waals surface area contributed by atoms with Crippen LogP contribution in [0.15, 0.2) is 24.3 Å². The van der Waals surface area contributed by atoms with Gasteiger partial charge in [-0.05, 0) is 13.3 Å². The molecule has 6 rings (SSSR count). The number of imidazole rings is 1. The summed E-state index contributed by atoms with van der Waals surface area (Å²) in [4.78, 5) is 44.2. The van der Waals surface area contributed by atoms with Crippen molar-refractivity contribution in [1.82, 2.24) is 34.7 Å². The summed E-state index contributed by atoms with van der Waals surface area (Å²) in [6, 6.07) is 9.75. The number of aryl methyl sites for hydroxylation is 2. The number of carbonyl (C=O) groups excluding carboxylic acids is 2. The quantitative estimate of drug-likeness (QED) is 0.295. The number of anilines is 3. The molecule has 44 heavy (non-hydrogen) atoms. The van der Waals surface area contributed by atoms with Gasteiger partial charge in [0.15, 0.2) is 10.9 Å². The number of nitriles is 1. The van der Waals surface area contributed by atoms with Crippen LogP contribution >= 0.6 is 22.7 Å². The van der Waals surface area contributed by atoms with Gasteiger partial charge in [-0.15, -0.1) is 5.10 Å². The second-order valence-electron chi connectivity index (χ2n) is 11.0. The maximum Gasteiger partial charge on any atom is 0.238 e. The number of fused-ring (bicyclic) bond motifs is 1. The second-order valence-corrected chi connectivity index (χ2v) is 12.9. The highest BCUT2D eigenvalue weighted by Gasteiger charge is 2.37. The number of carbonyl (C=O) groups is 2. The molecule has 4 aromatic rings. The lowest BCUT2D eigenvalue weighted by Gasteiger charge is -2.42. The van der Waals surface area contributed by atoms with Gasteiger partial charge in [0, 0.05) is 52.4 Å². The van der Waals surface area contributed by atoms with E-state index in [4.69, 9.17) is 15.1 Å². The third-order valence-corrected chi connectivity index (χ3v) is 10.1.